The molecule has 0 aromatic heterocycles. The minimum atomic E-state index is -0.511. The fourth-order valence-corrected chi connectivity index (χ4v) is 3.48. The number of benzene rings is 3. The molecule has 0 saturated carbocycles. The van der Waals surface area contributed by atoms with Crippen LogP contribution in [0.25, 0.3) is 0 Å². The smallest absolute Gasteiger partial charge is 0.343 e. The van der Waals surface area contributed by atoms with Gasteiger partial charge in [-0.15, -0.1) is 0 Å². The highest BCUT2D eigenvalue weighted by molar-refractivity contribution is 9.10. The summed E-state index contributed by atoms with van der Waals surface area (Å²) in [6.45, 7) is 3.57. The number of aryl methyl sites for hydroxylation is 2. The zero-order valence-electron chi connectivity index (χ0n) is 18.7. The fraction of sp³-hybridized carbons (Fsp3) is 0.160. The minimum absolute atomic E-state index is 0.209. The van der Waals surface area contributed by atoms with Crippen molar-refractivity contribution in [2.75, 3.05) is 13.7 Å². The van der Waals surface area contributed by atoms with E-state index in [1.165, 1.54) is 13.3 Å². The second-order valence-corrected chi connectivity index (χ2v) is 8.54. The third-order valence-electron chi connectivity index (χ3n) is 4.64. The minimum Gasteiger partial charge on any atom is -0.493 e. The molecular weight excluding hydrogens is 524 g/mol. The highest BCUT2D eigenvalue weighted by Gasteiger charge is 2.17. The summed E-state index contributed by atoms with van der Waals surface area (Å²) < 4.78 is 16.8. The van der Waals surface area contributed by atoms with E-state index in [1.54, 1.807) is 42.5 Å². The lowest BCUT2D eigenvalue weighted by Crippen LogP contribution is -2.24. The zero-order valence-corrected chi connectivity index (χ0v) is 21.1. The molecule has 0 saturated heterocycles. The van der Waals surface area contributed by atoms with E-state index >= 15 is 0 Å². The number of esters is 1. The van der Waals surface area contributed by atoms with Crippen molar-refractivity contribution >= 4 is 45.6 Å². The van der Waals surface area contributed by atoms with Crippen LogP contribution in [0.5, 0.6) is 17.2 Å². The van der Waals surface area contributed by atoms with Gasteiger partial charge in [-0.3, -0.25) is 4.79 Å². The van der Waals surface area contributed by atoms with E-state index in [1.807, 2.05) is 26.0 Å². The number of nitrogens with zero attached hydrogens (tertiary/aromatic N) is 1. The lowest BCUT2D eigenvalue weighted by Gasteiger charge is -2.12. The molecular formula is C25H22BrClN2O5. The van der Waals surface area contributed by atoms with Gasteiger partial charge in [0.2, 0.25) is 0 Å². The molecule has 3 aromatic carbocycles. The summed E-state index contributed by atoms with van der Waals surface area (Å²) in [6, 6.07) is 15.5. The van der Waals surface area contributed by atoms with Gasteiger partial charge in [-0.05, 0) is 83.4 Å². The molecule has 0 heterocycles. The van der Waals surface area contributed by atoms with Crippen LogP contribution in [0, 0.1) is 13.8 Å². The molecule has 0 bridgehead atoms. The molecule has 0 aliphatic rings. The Morgan fingerprint density at radius 2 is 1.82 bits per heavy atom. The van der Waals surface area contributed by atoms with Gasteiger partial charge in [-0.1, -0.05) is 29.3 Å². The fourth-order valence-electron chi connectivity index (χ4n) is 2.82. The predicted octanol–water partition coefficient (Wildman–Crippen LogP) is 5.48. The Kier molecular flexibility index (Phi) is 8.67. The molecule has 3 aromatic rings. The number of amides is 1. The topological polar surface area (TPSA) is 86.2 Å². The van der Waals surface area contributed by atoms with Crippen molar-refractivity contribution in [2.45, 2.75) is 13.8 Å². The van der Waals surface area contributed by atoms with Crippen LogP contribution in [0.4, 0.5) is 0 Å². The van der Waals surface area contributed by atoms with E-state index in [9.17, 15) is 9.59 Å². The van der Waals surface area contributed by atoms with Crippen LogP contribution in [0.1, 0.15) is 27.0 Å². The summed E-state index contributed by atoms with van der Waals surface area (Å²) >= 11 is 9.38. The standard InChI is InChI=1S/C25H22BrClN2O5/c1-15-4-6-18(7-5-15)25(31)34-24-20(26)11-17(12-22(24)32-3)13-28-29-23(30)14-33-19-8-9-21(27)16(2)10-19/h4-13H,14H2,1-3H3,(H,29,30). The average Bonchev–Trinajstić information content (AvgIpc) is 2.81. The molecule has 3 rings (SSSR count). The molecule has 7 nitrogen and oxygen atoms in total. The van der Waals surface area contributed by atoms with Crippen LogP contribution in [0.15, 0.2) is 64.2 Å². The second-order valence-electron chi connectivity index (χ2n) is 7.28. The number of rotatable bonds is 8. The molecule has 176 valence electrons. The maximum absolute atomic E-state index is 12.5. The van der Waals surface area contributed by atoms with Gasteiger partial charge >= 0.3 is 5.97 Å². The largest absolute Gasteiger partial charge is 0.493 e. The number of carbonyl (C=O) groups is 2. The van der Waals surface area contributed by atoms with E-state index < -0.39 is 11.9 Å². The van der Waals surface area contributed by atoms with Crippen molar-refractivity contribution in [1.82, 2.24) is 5.43 Å². The van der Waals surface area contributed by atoms with Crippen molar-refractivity contribution in [2.24, 2.45) is 5.10 Å². The number of hydrazone groups is 1. The highest BCUT2D eigenvalue weighted by Crippen LogP contribution is 2.36. The normalized spacial score (nSPS) is 10.7. The van der Waals surface area contributed by atoms with Crippen molar-refractivity contribution in [3.05, 3.63) is 86.3 Å². The first kappa shape index (κ1) is 25.3. The average molecular weight is 546 g/mol. The van der Waals surface area contributed by atoms with Crippen LogP contribution in [-0.2, 0) is 4.79 Å². The number of hydrogen-bond acceptors (Lipinski definition) is 6. The molecule has 0 aliphatic heterocycles. The number of hydrogen-bond donors (Lipinski definition) is 1. The Hall–Kier alpha value is -3.36. The molecule has 0 radical (unpaired) electrons. The number of carbonyl (C=O) groups excluding carboxylic acids is 2. The lowest BCUT2D eigenvalue weighted by molar-refractivity contribution is -0.123. The Morgan fingerprint density at radius 1 is 1.09 bits per heavy atom. The van der Waals surface area contributed by atoms with Crippen molar-refractivity contribution in [3.63, 3.8) is 0 Å². The molecule has 1 amide bonds. The SMILES string of the molecule is COc1cc(C=NNC(=O)COc2ccc(Cl)c(C)c2)cc(Br)c1OC(=O)c1ccc(C)cc1. The third kappa shape index (κ3) is 6.82. The van der Waals surface area contributed by atoms with Gasteiger partial charge in [-0.25, -0.2) is 10.2 Å². The number of ether oxygens (including phenoxy) is 3. The number of halogens is 2. The van der Waals surface area contributed by atoms with Crippen LogP contribution >= 0.6 is 27.5 Å². The van der Waals surface area contributed by atoms with E-state index in [-0.39, 0.29) is 12.4 Å². The zero-order chi connectivity index (χ0) is 24.7. The van der Waals surface area contributed by atoms with Gasteiger partial charge in [0.25, 0.3) is 5.91 Å². The summed E-state index contributed by atoms with van der Waals surface area (Å²) in [7, 11) is 1.46. The Bertz CT molecular complexity index is 1230. The summed E-state index contributed by atoms with van der Waals surface area (Å²) in [5.41, 5.74) is 5.31. The van der Waals surface area contributed by atoms with Crippen LogP contribution < -0.4 is 19.6 Å². The van der Waals surface area contributed by atoms with Crippen LogP contribution in [0.2, 0.25) is 5.02 Å². The summed E-state index contributed by atoms with van der Waals surface area (Å²) in [6.07, 6.45) is 1.43. The first-order chi connectivity index (χ1) is 16.3. The van der Waals surface area contributed by atoms with Gasteiger partial charge in [0.15, 0.2) is 18.1 Å². The van der Waals surface area contributed by atoms with E-state index in [0.717, 1.165) is 11.1 Å². The van der Waals surface area contributed by atoms with Crippen molar-refractivity contribution < 1.29 is 23.8 Å². The molecule has 9 heteroatoms. The first-order valence-electron chi connectivity index (χ1n) is 10.1. The van der Waals surface area contributed by atoms with E-state index in [0.29, 0.717) is 32.1 Å². The summed E-state index contributed by atoms with van der Waals surface area (Å²) in [5, 5.41) is 4.56. The molecule has 0 atom stereocenters. The number of nitrogens with one attached hydrogen (secondary N) is 1. The Morgan fingerprint density at radius 3 is 2.50 bits per heavy atom. The van der Waals surface area contributed by atoms with Gasteiger partial charge in [-0.2, -0.15) is 5.10 Å². The summed E-state index contributed by atoms with van der Waals surface area (Å²) in [4.78, 5) is 24.5. The van der Waals surface area contributed by atoms with Gasteiger partial charge in [0.05, 0.1) is 23.4 Å². The van der Waals surface area contributed by atoms with Gasteiger partial charge < -0.3 is 14.2 Å². The van der Waals surface area contributed by atoms with Crippen LogP contribution in [0.3, 0.4) is 0 Å². The highest BCUT2D eigenvalue weighted by atomic mass is 79.9. The molecule has 0 fully saturated rings. The molecule has 34 heavy (non-hydrogen) atoms. The Labute approximate surface area is 210 Å². The molecule has 0 unspecified atom stereocenters. The first-order valence-corrected chi connectivity index (χ1v) is 11.3. The van der Waals surface area contributed by atoms with E-state index in [2.05, 4.69) is 26.5 Å². The monoisotopic (exact) mass is 544 g/mol. The van der Waals surface area contributed by atoms with Gasteiger partial charge in [0, 0.05) is 5.02 Å². The maximum Gasteiger partial charge on any atom is 0.343 e. The summed E-state index contributed by atoms with van der Waals surface area (Å²) in [5.74, 6) is 0.150. The molecule has 0 aliphatic carbocycles. The molecule has 0 spiro atoms. The molecule has 1 N–H and O–H groups in total. The van der Waals surface area contributed by atoms with E-state index in [4.69, 9.17) is 25.8 Å². The number of methoxy groups -OCH3 is 1. The maximum atomic E-state index is 12.5. The Balaban J connectivity index is 1.61. The second kappa shape index (κ2) is 11.7. The predicted molar refractivity (Wildman–Crippen MR) is 134 cm³/mol. The van der Waals surface area contributed by atoms with Crippen LogP contribution in [-0.4, -0.2) is 31.8 Å². The lowest BCUT2D eigenvalue weighted by atomic mass is 10.1. The quantitative estimate of drug-likeness (QED) is 0.175. The van der Waals surface area contributed by atoms with Crippen molar-refractivity contribution in [3.8, 4) is 17.2 Å². The van der Waals surface area contributed by atoms with Crippen molar-refractivity contribution in [1.29, 1.82) is 0 Å². The van der Waals surface area contributed by atoms with Gasteiger partial charge in [0.1, 0.15) is 5.75 Å². The third-order valence-corrected chi connectivity index (χ3v) is 5.65.